The SMILES string of the molecule is CCCCCCC(=O)c1ccc(OC)cc1CC(=O)OCC. The van der Waals surface area contributed by atoms with Gasteiger partial charge in [-0.2, -0.15) is 0 Å². The molecular weight excluding hydrogens is 280 g/mol. The van der Waals surface area contributed by atoms with Crippen LogP contribution in [0.3, 0.4) is 0 Å². The fourth-order valence-corrected chi connectivity index (χ4v) is 2.33. The second-order valence-corrected chi connectivity index (χ2v) is 5.24. The topological polar surface area (TPSA) is 52.6 Å². The molecule has 0 N–H and O–H groups in total. The zero-order valence-electron chi connectivity index (χ0n) is 13.8. The highest BCUT2D eigenvalue weighted by molar-refractivity contribution is 5.98. The summed E-state index contributed by atoms with van der Waals surface area (Å²) in [5.41, 5.74) is 1.28. The summed E-state index contributed by atoms with van der Waals surface area (Å²) in [6.07, 6.45) is 4.85. The van der Waals surface area contributed by atoms with Gasteiger partial charge in [-0.1, -0.05) is 26.2 Å². The molecule has 0 aliphatic carbocycles. The highest BCUT2D eigenvalue weighted by Crippen LogP contribution is 2.21. The first-order chi connectivity index (χ1) is 10.6. The lowest BCUT2D eigenvalue weighted by Crippen LogP contribution is -2.12. The number of benzene rings is 1. The van der Waals surface area contributed by atoms with E-state index < -0.39 is 0 Å². The number of ketones is 1. The molecule has 0 aliphatic rings. The Bertz CT molecular complexity index is 494. The molecule has 0 atom stereocenters. The highest BCUT2D eigenvalue weighted by atomic mass is 16.5. The molecule has 0 fully saturated rings. The second kappa shape index (κ2) is 9.98. The van der Waals surface area contributed by atoms with Crippen LogP contribution in [0.5, 0.6) is 5.75 Å². The molecule has 1 aromatic rings. The zero-order valence-corrected chi connectivity index (χ0v) is 13.8. The van der Waals surface area contributed by atoms with Crippen molar-refractivity contribution in [3.63, 3.8) is 0 Å². The molecule has 0 spiro atoms. The fourth-order valence-electron chi connectivity index (χ4n) is 2.33. The third kappa shape index (κ3) is 5.88. The number of esters is 1. The first-order valence-electron chi connectivity index (χ1n) is 7.98. The maximum Gasteiger partial charge on any atom is 0.310 e. The van der Waals surface area contributed by atoms with Crippen molar-refractivity contribution in [2.24, 2.45) is 0 Å². The van der Waals surface area contributed by atoms with Gasteiger partial charge in [0.1, 0.15) is 5.75 Å². The lowest BCUT2D eigenvalue weighted by Gasteiger charge is -2.10. The molecule has 0 amide bonds. The summed E-state index contributed by atoms with van der Waals surface area (Å²) in [5.74, 6) is 0.399. The van der Waals surface area contributed by atoms with Gasteiger partial charge in [0, 0.05) is 12.0 Å². The average Bonchev–Trinajstić information content (AvgIpc) is 2.51. The maximum absolute atomic E-state index is 12.4. The van der Waals surface area contributed by atoms with Crippen LogP contribution in [0.2, 0.25) is 0 Å². The van der Waals surface area contributed by atoms with Crippen LogP contribution in [-0.2, 0) is 16.0 Å². The number of hydrogen-bond donors (Lipinski definition) is 0. The summed E-state index contributed by atoms with van der Waals surface area (Å²) >= 11 is 0. The van der Waals surface area contributed by atoms with Crippen molar-refractivity contribution in [3.8, 4) is 5.75 Å². The van der Waals surface area contributed by atoms with E-state index in [0.29, 0.717) is 29.9 Å². The zero-order chi connectivity index (χ0) is 16.4. The summed E-state index contributed by atoms with van der Waals surface area (Å²) in [6, 6.07) is 5.25. The van der Waals surface area contributed by atoms with Gasteiger partial charge < -0.3 is 9.47 Å². The van der Waals surface area contributed by atoms with Crippen LogP contribution in [0.15, 0.2) is 18.2 Å². The van der Waals surface area contributed by atoms with Gasteiger partial charge in [0.2, 0.25) is 0 Å². The van der Waals surface area contributed by atoms with Crippen molar-refractivity contribution in [2.75, 3.05) is 13.7 Å². The minimum absolute atomic E-state index is 0.0815. The van der Waals surface area contributed by atoms with Gasteiger partial charge in [-0.3, -0.25) is 9.59 Å². The Balaban J connectivity index is 2.82. The Morgan fingerprint density at radius 2 is 1.86 bits per heavy atom. The van der Waals surface area contributed by atoms with Crippen LogP contribution >= 0.6 is 0 Å². The predicted molar refractivity (Wildman–Crippen MR) is 86.4 cm³/mol. The highest BCUT2D eigenvalue weighted by Gasteiger charge is 2.15. The second-order valence-electron chi connectivity index (χ2n) is 5.24. The molecule has 0 heterocycles. The minimum atomic E-state index is -0.323. The Kier molecular flexibility index (Phi) is 8.26. The molecule has 0 bridgehead atoms. The van der Waals surface area contributed by atoms with E-state index in [4.69, 9.17) is 9.47 Å². The molecule has 0 radical (unpaired) electrons. The number of carbonyl (C=O) groups excluding carboxylic acids is 2. The normalized spacial score (nSPS) is 10.3. The smallest absolute Gasteiger partial charge is 0.310 e. The molecular formula is C18H26O4. The van der Waals surface area contributed by atoms with Crippen LogP contribution in [0.1, 0.15) is 61.9 Å². The lowest BCUT2D eigenvalue weighted by atomic mass is 9.97. The van der Waals surface area contributed by atoms with E-state index in [-0.39, 0.29) is 18.2 Å². The molecule has 1 aromatic carbocycles. The Hall–Kier alpha value is -1.84. The molecule has 4 heteroatoms. The van der Waals surface area contributed by atoms with E-state index in [1.165, 1.54) is 0 Å². The Labute approximate surface area is 132 Å². The summed E-state index contributed by atoms with van der Waals surface area (Å²) in [5, 5.41) is 0. The third-order valence-corrected chi connectivity index (χ3v) is 3.51. The van der Waals surface area contributed by atoms with Crippen molar-refractivity contribution in [1.29, 1.82) is 0 Å². The Morgan fingerprint density at radius 3 is 2.50 bits per heavy atom. The molecule has 122 valence electrons. The quantitative estimate of drug-likeness (QED) is 0.373. The standard InChI is InChI=1S/C18H26O4/c1-4-6-7-8-9-17(19)16-11-10-15(21-3)12-14(16)13-18(20)22-5-2/h10-12H,4-9,13H2,1-3H3. The summed E-state index contributed by atoms with van der Waals surface area (Å²) < 4.78 is 10.2. The Morgan fingerprint density at radius 1 is 1.09 bits per heavy atom. The molecule has 1 rings (SSSR count). The van der Waals surface area contributed by atoms with E-state index in [2.05, 4.69) is 6.92 Å². The van der Waals surface area contributed by atoms with Gasteiger partial charge in [0.05, 0.1) is 20.1 Å². The molecule has 0 saturated carbocycles. The number of ether oxygens (including phenoxy) is 2. The van der Waals surface area contributed by atoms with E-state index in [9.17, 15) is 9.59 Å². The van der Waals surface area contributed by atoms with Crippen molar-refractivity contribution >= 4 is 11.8 Å². The first kappa shape index (κ1) is 18.2. The lowest BCUT2D eigenvalue weighted by molar-refractivity contribution is -0.142. The summed E-state index contributed by atoms with van der Waals surface area (Å²) in [7, 11) is 1.57. The van der Waals surface area contributed by atoms with Gasteiger partial charge in [0.15, 0.2) is 5.78 Å². The van der Waals surface area contributed by atoms with Crippen LogP contribution in [0.25, 0.3) is 0 Å². The number of hydrogen-bond acceptors (Lipinski definition) is 4. The van der Waals surface area contributed by atoms with Crippen LogP contribution < -0.4 is 4.74 Å². The monoisotopic (exact) mass is 306 g/mol. The van der Waals surface area contributed by atoms with Gasteiger partial charge in [-0.25, -0.2) is 0 Å². The molecule has 0 aliphatic heterocycles. The number of Topliss-reactive ketones (excluding diaryl/α,β-unsaturated/α-hetero) is 1. The van der Waals surface area contributed by atoms with Gasteiger partial charge in [0.25, 0.3) is 0 Å². The van der Waals surface area contributed by atoms with Crippen molar-refractivity contribution in [2.45, 2.75) is 52.4 Å². The third-order valence-electron chi connectivity index (χ3n) is 3.51. The minimum Gasteiger partial charge on any atom is -0.497 e. The molecule has 0 unspecified atom stereocenters. The molecule has 0 saturated heterocycles. The fraction of sp³-hybridized carbons (Fsp3) is 0.556. The van der Waals surface area contributed by atoms with E-state index in [0.717, 1.165) is 25.7 Å². The van der Waals surface area contributed by atoms with Gasteiger partial charge >= 0.3 is 5.97 Å². The van der Waals surface area contributed by atoms with E-state index >= 15 is 0 Å². The van der Waals surface area contributed by atoms with E-state index in [1.54, 1.807) is 32.2 Å². The number of rotatable bonds is 10. The van der Waals surface area contributed by atoms with E-state index in [1.807, 2.05) is 0 Å². The molecule has 22 heavy (non-hydrogen) atoms. The van der Waals surface area contributed by atoms with Crippen molar-refractivity contribution in [1.82, 2.24) is 0 Å². The summed E-state index contributed by atoms with van der Waals surface area (Å²) in [6.45, 7) is 4.25. The maximum atomic E-state index is 12.4. The average molecular weight is 306 g/mol. The van der Waals surface area contributed by atoms with Crippen molar-refractivity contribution in [3.05, 3.63) is 29.3 Å². The van der Waals surface area contributed by atoms with Crippen LogP contribution in [0, 0.1) is 0 Å². The van der Waals surface area contributed by atoms with Crippen molar-refractivity contribution < 1.29 is 19.1 Å². The summed E-state index contributed by atoms with van der Waals surface area (Å²) in [4.78, 5) is 24.1. The number of unbranched alkanes of at least 4 members (excludes halogenated alkanes) is 3. The molecule has 0 aromatic heterocycles. The van der Waals surface area contributed by atoms with Crippen LogP contribution in [0.4, 0.5) is 0 Å². The first-order valence-corrected chi connectivity index (χ1v) is 7.98. The molecule has 4 nitrogen and oxygen atoms in total. The van der Waals surface area contributed by atoms with Gasteiger partial charge in [-0.15, -0.1) is 0 Å². The largest absolute Gasteiger partial charge is 0.497 e. The van der Waals surface area contributed by atoms with Crippen LogP contribution in [-0.4, -0.2) is 25.5 Å². The number of carbonyl (C=O) groups is 2. The predicted octanol–water partition coefficient (Wildman–Crippen LogP) is 3.95. The number of methoxy groups -OCH3 is 1. The van der Waals surface area contributed by atoms with Gasteiger partial charge in [-0.05, 0) is 37.1 Å².